The van der Waals surface area contributed by atoms with Gasteiger partial charge in [-0.05, 0) is 31.4 Å². The molecule has 1 aliphatic carbocycles. The van der Waals surface area contributed by atoms with E-state index in [0.717, 1.165) is 23.3 Å². The summed E-state index contributed by atoms with van der Waals surface area (Å²) in [6, 6.07) is 0. The van der Waals surface area contributed by atoms with Gasteiger partial charge in [0.25, 0.3) is 0 Å². The molecule has 0 spiro atoms. The number of fused-ring (bicyclic) bond motifs is 1. The van der Waals surface area contributed by atoms with Crippen LogP contribution in [0.3, 0.4) is 0 Å². The van der Waals surface area contributed by atoms with E-state index in [-0.39, 0.29) is 23.7 Å². The molecule has 5 rings (SSSR count). The number of anilines is 1. The summed E-state index contributed by atoms with van der Waals surface area (Å²) in [5.41, 5.74) is 2.83. The number of allylic oxidation sites excluding steroid dienone is 4. The Balaban J connectivity index is 1.56. The predicted octanol–water partition coefficient (Wildman–Crippen LogP) is 2.54. The molecule has 2 fully saturated rings. The van der Waals surface area contributed by atoms with Crippen LogP contribution in [0.15, 0.2) is 42.6 Å². The topological polar surface area (TPSA) is 101 Å². The Bertz CT molecular complexity index is 1140. The number of hydrogen-bond acceptors (Lipinski definition) is 6. The van der Waals surface area contributed by atoms with Crippen molar-refractivity contribution in [1.82, 2.24) is 25.3 Å². The second-order valence-corrected chi connectivity index (χ2v) is 8.83. The van der Waals surface area contributed by atoms with Crippen molar-refractivity contribution in [3.63, 3.8) is 0 Å². The van der Waals surface area contributed by atoms with Crippen molar-refractivity contribution in [2.75, 3.05) is 11.4 Å². The highest BCUT2D eigenvalue weighted by molar-refractivity contribution is 6.04. The van der Waals surface area contributed by atoms with Gasteiger partial charge >= 0.3 is 0 Å². The lowest BCUT2D eigenvalue weighted by Crippen LogP contribution is -2.32. The SMILES string of the molecule is Cc1ncc(C2=CCC3C(=C2)N(c2cncc(C4CCNC4=O)n2)C(=O)C3(C)C)cn1. The fraction of sp³-hybridized carbons (Fsp3) is 0.391. The Morgan fingerprint density at radius 3 is 2.61 bits per heavy atom. The molecular formula is C23H24N6O2. The lowest BCUT2D eigenvalue weighted by Gasteiger charge is -2.25. The number of nitrogens with zero attached hydrogens (tertiary/aromatic N) is 5. The summed E-state index contributed by atoms with van der Waals surface area (Å²) in [4.78, 5) is 44.9. The van der Waals surface area contributed by atoms with Gasteiger partial charge in [0, 0.05) is 42.3 Å². The van der Waals surface area contributed by atoms with Crippen molar-refractivity contribution >= 4 is 23.2 Å². The minimum atomic E-state index is -0.569. The van der Waals surface area contributed by atoms with Gasteiger partial charge in [-0.2, -0.15) is 0 Å². The Morgan fingerprint density at radius 1 is 1.13 bits per heavy atom. The van der Waals surface area contributed by atoms with E-state index in [1.165, 1.54) is 0 Å². The molecule has 2 aromatic heterocycles. The number of carbonyl (C=O) groups is 2. The highest BCUT2D eigenvalue weighted by atomic mass is 16.2. The van der Waals surface area contributed by atoms with E-state index in [9.17, 15) is 9.59 Å². The van der Waals surface area contributed by atoms with Crippen LogP contribution in [0.1, 0.15) is 49.7 Å². The van der Waals surface area contributed by atoms with Crippen LogP contribution in [0.5, 0.6) is 0 Å². The second-order valence-electron chi connectivity index (χ2n) is 8.83. The van der Waals surface area contributed by atoms with Crippen LogP contribution < -0.4 is 10.2 Å². The molecule has 2 saturated heterocycles. The molecule has 1 N–H and O–H groups in total. The summed E-state index contributed by atoms with van der Waals surface area (Å²) < 4.78 is 0. The zero-order valence-corrected chi connectivity index (χ0v) is 17.8. The molecule has 0 radical (unpaired) electrons. The third-order valence-electron chi connectivity index (χ3n) is 6.51. The van der Waals surface area contributed by atoms with Gasteiger partial charge in [0.1, 0.15) is 5.82 Å². The number of aryl methyl sites for hydroxylation is 1. The minimum Gasteiger partial charge on any atom is -0.355 e. The highest BCUT2D eigenvalue weighted by Gasteiger charge is 2.52. The maximum Gasteiger partial charge on any atom is 0.238 e. The standard InChI is InChI=1S/C23H24N6O2/c1-13-26-9-15(10-27-13)14-4-5-17-19(8-14)29(22(31)23(17,2)3)20-12-24-11-18(28-20)16-6-7-25-21(16)30/h4,8-12,16-17H,5-7H2,1-3H3,(H,25,30). The molecule has 0 bridgehead atoms. The Labute approximate surface area is 180 Å². The first-order valence-corrected chi connectivity index (χ1v) is 10.5. The van der Waals surface area contributed by atoms with Gasteiger partial charge in [-0.3, -0.25) is 19.5 Å². The van der Waals surface area contributed by atoms with Gasteiger partial charge in [0.15, 0.2) is 5.82 Å². The Morgan fingerprint density at radius 2 is 1.90 bits per heavy atom. The number of hydrogen-bond donors (Lipinski definition) is 1. The van der Waals surface area contributed by atoms with Crippen LogP contribution in [0.25, 0.3) is 5.57 Å². The van der Waals surface area contributed by atoms with Gasteiger partial charge in [-0.1, -0.05) is 19.9 Å². The first kappa shape index (κ1) is 19.5. The van der Waals surface area contributed by atoms with Crippen molar-refractivity contribution in [1.29, 1.82) is 0 Å². The summed E-state index contributed by atoms with van der Waals surface area (Å²) in [6.07, 6.45) is 12.4. The van der Waals surface area contributed by atoms with Gasteiger partial charge in [-0.25, -0.2) is 15.0 Å². The minimum absolute atomic E-state index is 0.0131. The summed E-state index contributed by atoms with van der Waals surface area (Å²) in [7, 11) is 0. The van der Waals surface area contributed by atoms with E-state index in [4.69, 9.17) is 4.98 Å². The van der Waals surface area contributed by atoms with Crippen molar-refractivity contribution in [2.24, 2.45) is 11.3 Å². The van der Waals surface area contributed by atoms with Crippen molar-refractivity contribution < 1.29 is 9.59 Å². The largest absolute Gasteiger partial charge is 0.355 e. The average molecular weight is 416 g/mol. The first-order chi connectivity index (χ1) is 14.9. The van der Waals surface area contributed by atoms with E-state index in [1.807, 2.05) is 26.8 Å². The molecule has 0 aromatic carbocycles. The smallest absolute Gasteiger partial charge is 0.238 e. The van der Waals surface area contributed by atoms with Crippen molar-refractivity contribution in [3.05, 3.63) is 59.7 Å². The van der Waals surface area contributed by atoms with Gasteiger partial charge in [0.05, 0.1) is 23.2 Å². The molecular weight excluding hydrogens is 392 g/mol. The molecule has 3 aliphatic rings. The van der Waals surface area contributed by atoms with Gasteiger partial charge in [-0.15, -0.1) is 0 Å². The van der Waals surface area contributed by atoms with Crippen LogP contribution in [0.4, 0.5) is 5.82 Å². The van der Waals surface area contributed by atoms with E-state index in [2.05, 4.69) is 26.3 Å². The maximum absolute atomic E-state index is 13.5. The third kappa shape index (κ3) is 3.13. The summed E-state index contributed by atoms with van der Waals surface area (Å²) in [5.74, 6) is 0.836. The second kappa shape index (κ2) is 7.08. The molecule has 2 aliphatic heterocycles. The molecule has 31 heavy (non-hydrogen) atoms. The van der Waals surface area contributed by atoms with Gasteiger partial charge < -0.3 is 5.32 Å². The van der Waals surface area contributed by atoms with E-state index < -0.39 is 5.41 Å². The Kier molecular flexibility index (Phi) is 4.46. The van der Waals surface area contributed by atoms with Crippen LogP contribution in [0.2, 0.25) is 0 Å². The normalized spacial score (nSPS) is 24.5. The maximum atomic E-state index is 13.5. The quantitative estimate of drug-likeness (QED) is 0.825. The zero-order chi connectivity index (χ0) is 21.8. The lowest BCUT2D eigenvalue weighted by atomic mass is 9.75. The van der Waals surface area contributed by atoms with Crippen LogP contribution >= 0.6 is 0 Å². The molecule has 2 unspecified atom stereocenters. The lowest BCUT2D eigenvalue weighted by molar-refractivity contribution is -0.125. The predicted molar refractivity (Wildman–Crippen MR) is 115 cm³/mol. The van der Waals surface area contributed by atoms with Gasteiger partial charge in [0.2, 0.25) is 11.8 Å². The highest BCUT2D eigenvalue weighted by Crippen LogP contribution is 2.50. The Hall–Kier alpha value is -3.42. The summed E-state index contributed by atoms with van der Waals surface area (Å²) in [6.45, 7) is 6.43. The average Bonchev–Trinajstić information content (AvgIpc) is 3.27. The number of rotatable bonds is 3. The molecule has 0 saturated carbocycles. The molecule has 4 heterocycles. The fourth-order valence-corrected chi connectivity index (χ4v) is 4.62. The van der Waals surface area contributed by atoms with Crippen molar-refractivity contribution in [2.45, 2.75) is 39.5 Å². The summed E-state index contributed by atoms with van der Waals surface area (Å²) in [5, 5.41) is 2.83. The number of carbonyl (C=O) groups excluding carboxylic acids is 2. The number of aromatic nitrogens is 4. The zero-order valence-electron chi connectivity index (χ0n) is 17.8. The fourth-order valence-electron chi connectivity index (χ4n) is 4.62. The number of nitrogens with one attached hydrogen (secondary N) is 1. The molecule has 2 amide bonds. The summed E-state index contributed by atoms with van der Waals surface area (Å²) >= 11 is 0. The van der Waals surface area contributed by atoms with Crippen LogP contribution in [0, 0.1) is 18.3 Å². The monoisotopic (exact) mass is 416 g/mol. The van der Waals surface area contributed by atoms with Crippen molar-refractivity contribution in [3.8, 4) is 0 Å². The molecule has 2 atom stereocenters. The van der Waals surface area contributed by atoms with Crippen LogP contribution in [-0.2, 0) is 9.59 Å². The molecule has 158 valence electrons. The van der Waals surface area contributed by atoms with Crippen LogP contribution in [-0.4, -0.2) is 38.3 Å². The first-order valence-electron chi connectivity index (χ1n) is 10.5. The van der Waals surface area contributed by atoms with E-state index >= 15 is 0 Å². The molecule has 2 aromatic rings. The third-order valence-corrected chi connectivity index (χ3v) is 6.51. The van der Waals surface area contributed by atoms with E-state index in [0.29, 0.717) is 30.3 Å². The molecule has 8 heteroatoms. The number of amides is 2. The molecule has 8 nitrogen and oxygen atoms in total. The van der Waals surface area contributed by atoms with E-state index in [1.54, 1.807) is 29.7 Å².